The third-order valence-corrected chi connectivity index (χ3v) is 2.50. The molecule has 0 bridgehead atoms. The van der Waals surface area contributed by atoms with Gasteiger partial charge in [-0.05, 0) is 29.8 Å². The van der Waals surface area contributed by atoms with Gasteiger partial charge in [-0.3, -0.25) is 0 Å². The van der Waals surface area contributed by atoms with Crippen LogP contribution in [-0.2, 0) is 0 Å². The van der Waals surface area contributed by atoms with Crippen molar-refractivity contribution in [3.63, 3.8) is 0 Å². The van der Waals surface area contributed by atoms with Crippen LogP contribution in [0.4, 0.5) is 4.39 Å². The van der Waals surface area contributed by atoms with E-state index >= 15 is 0 Å². The molecule has 2 aromatic rings. The number of halogens is 2. The fourth-order valence-electron chi connectivity index (χ4n) is 1.32. The molecule has 2 aromatic carbocycles. The molecule has 0 unspecified atom stereocenters. The molecule has 0 saturated carbocycles. The van der Waals surface area contributed by atoms with Crippen LogP contribution < -0.4 is 0 Å². The molecule has 0 amide bonds. The molecule has 15 heavy (non-hydrogen) atoms. The maximum absolute atomic E-state index is 12.9. The van der Waals surface area contributed by atoms with Gasteiger partial charge in [0.15, 0.2) is 0 Å². The minimum Gasteiger partial charge on any atom is -0.507 e. The van der Waals surface area contributed by atoms with Crippen molar-refractivity contribution in [2.45, 2.75) is 0 Å². The monoisotopic (exact) mass is 265 g/mol. The van der Waals surface area contributed by atoms with Crippen molar-refractivity contribution in [1.29, 1.82) is 0 Å². The number of phenolic OH excluding ortho intramolecular Hbond substituents is 1. The summed E-state index contributed by atoms with van der Waals surface area (Å²) in [4.78, 5) is 0. The van der Waals surface area contributed by atoms with Gasteiger partial charge >= 0.3 is 0 Å². The Morgan fingerprint density at radius 3 is 2.73 bits per heavy atom. The SMILES string of the molecule is Oc1ccc(Br)cc1-c1[c]c(F)ccc1. The predicted octanol–water partition coefficient (Wildman–Crippen LogP) is 3.76. The summed E-state index contributed by atoms with van der Waals surface area (Å²) in [6.07, 6.45) is 0. The minimum atomic E-state index is -0.438. The number of hydrogen-bond donors (Lipinski definition) is 1. The standard InChI is InChI=1S/C12H7BrFO/c13-9-4-5-12(15)11(7-9)8-2-1-3-10(14)6-8/h1-5,7,15H. The highest BCUT2D eigenvalue weighted by atomic mass is 79.9. The van der Waals surface area contributed by atoms with Gasteiger partial charge in [0.2, 0.25) is 0 Å². The van der Waals surface area contributed by atoms with Gasteiger partial charge in [-0.15, -0.1) is 0 Å². The summed E-state index contributed by atoms with van der Waals surface area (Å²) in [5.74, 6) is -0.327. The molecule has 0 saturated heterocycles. The van der Waals surface area contributed by atoms with Crippen molar-refractivity contribution in [1.82, 2.24) is 0 Å². The van der Waals surface area contributed by atoms with Crippen molar-refractivity contribution >= 4 is 15.9 Å². The first-order valence-electron chi connectivity index (χ1n) is 4.33. The molecule has 75 valence electrons. The van der Waals surface area contributed by atoms with Gasteiger partial charge in [0.05, 0.1) is 0 Å². The van der Waals surface area contributed by atoms with Crippen LogP contribution >= 0.6 is 15.9 Å². The molecule has 0 aliphatic carbocycles. The Balaban J connectivity index is 2.58. The Morgan fingerprint density at radius 2 is 2.00 bits per heavy atom. The number of hydrogen-bond acceptors (Lipinski definition) is 1. The molecule has 3 heteroatoms. The van der Waals surface area contributed by atoms with Crippen molar-refractivity contribution in [2.75, 3.05) is 0 Å². The number of aromatic hydroxyl groups is 1. The summed E-state index contributed by atoms with van der Waals surface area (Å²) in [6, 6.07) is 12.1. The fraction of sp³-hybridized carbons (Fsp3) is 0. The molecular weight excluding hydrogens is 259 g/mol. The second-order valence-corrected chi connectivity index (χ2v) is 3.99. The molecule has 0 heterocycles. The van der Waals surface area contributed by atoms with E-state index in [0.29, 0.717) is 11.1 Å². The Labute approximate surface area is 95.3 Å². The molecule has 0 spiro atoms. The predicted molar refractivity (Wildman–Crippen MR) is 60.0 cm³/mol. The average molecular weight is 266 g/mol. The van der Waals surface area contributed by atoms with E-state index in [0.717, 1.165) is 4.47 Å². The number of phenols is 1. The van der Waals surface area contributed by atoms with Gasteiger partial charge in [0.25, 0.3) is 0 Å². The lowest BCUT2D eigenvalue weighted by Crippen LogP contribution is -1.82. The molecule has 0 aliphatic rings. The lowest BCUT2D eigenvalue weighted by molar-refractivity contribution is 0.477. The molecular formula is C12H7BrFO. The third kappa shape index (κ3) is 2.18. The van der Waals surface area contributed by atoms with Crippen LogP contribution in [0.15, 0.2) is 40.9 Å². The number of rotatable bonds is 1. The Morgan fingerprint density at radius 1 is 1.20 bits per heavy atom. The van der Waals surface area contributed by atoms with Gasteiger partial charge in [0.1, 0.15) is 11.6 Å². The smallest absolute Gasteiger partial charge is 0.131 e. The molecule has 1 N–H and O–H groups in total. The van der Waals surface area contributed by atoms with E-state index in [-0.39, 0.29) is 5.75 Å². The van der Waals surface area contributed by atoms with Crippen LogP contribution in [0.5, 0.6) is 5.75 Å². The van der Waals surface area contributed by atoms with Gasteiger partial charge in [0, 0.05) is 16.1 Å². The maximum atomic E-state index is 12.9. The second kappa shape index (κ2) is 4.03. The normalized spacial score (nSPS) is 10.3. The summed E-state index contributed by atoms with van der Waals surface area (Å²) < 4.78 is 13.8. The van der Waals surface area contributed by atoms with E-state index < -0.39 is 5.82 Å². The summed E-state index contributed by atoms with van der Waals surface area (Å²) in [7, 11) is 0. The Bertz CT molecular complexity index is 497. The third-order valence-electron chi connectivity index (χ3n) is 2.01. The zero-order valence-corrected chi connectivity index (χ0v) is 9.25. The highest BCUT2D eigenvalue weighted by Crippen LogP contribution is 2.31. The van der Waals surface area contributed by atoms with Gasteiger partial charge < -0.3 is 5.11 Å². The Kier molecular flexibility index (Phi) is 2.73. The van der Waals surface area contributed by atoms with E-state index in [9.17, 15) is 9.50 Å². The first-order chi connectivity index (χ1) is 7.16. The zero-order valence-electron chi connectivity index (χ0n) is 7.67. The minimum absolute atomic E-state index is 0.111. The van der Waals surface area contributed by atoms with Gasteiger partial charge in [-0.1, -0.05) is 28.1 Å². The molecule has 0 aromatic heterocycles. The second-order valence-electron chi connectivity index (χ2n) is 3.07. The van der Waals surface area contributed by atoms with Crippen molar-refractivity contribution in [3.8, 4) is 16.9 Å². The van der Waals surface area contributed by atoms with Crippen LogP contribution in [0.2, 0.25) is 0 Å². The maximum Gasteiger partial charge on any atom is 0.131 e. The zero-order chi connectivity index (χ0) is 10.8. The van der Waals surface area contributed by atoms with Crippen LogP contribution in [-0.4, -0.2) is 5.11 Å². The first kappa shape index (κ1) is 10.2. The largest absolute Gasteiger partial charge is 0.507 e. The first-order valence-corrected chi connectivity index (χ1v) is 5.13. The summed E-state index contributed by atoms with van der Waals surface area (Å²) in [6.45, 7) is 0. The molecule has 1 radical (unpaired) electrons. The van der Waals surface area contributed by atoms with E-state index in [1.165, 1.54) is 6.07 Å². The van der Waals surface area contributed by atoms with Gasteiger partial charge in [-0.25, -0.2) is 4.39 Å². The molecule has 0 aliphatic heterocycles. The summed E-state index contributed by atoms with van der Waals surface area (Å²) in [5.41, 5.74) is 1.10. The number of benzene rings is 2. The van der Waals surface area contributed by atoms with E-state index in [2.05, 4.69) is 22.0 Å². The van der Waals surface area contributed by atoms with Crippen LogP contribution in [0, 0.1) is 11.9 Å². The van der Waals surface area contributed by atoms with Crippen molar-refractivity contribution < 1.29 is 9.50 Å². The van der Waals surface area contributed by atoms with Crippen LogP contribution in [0.25, 0.3) is 11.1 Å². The molecule has 1 nitrogen and oxygen atoms in total. The van der Waals surface area contributed by atoms with E-state index in [1.807, 2.05) is 0 Å². The Hall–Kier alpha value is -1.35. The van der Waals surface area contributed by atoms with Crippen molar-refractivity contribution in [3.05, 3.63) is 52.8 Å². The summed E-state index contributed by atoms with van der Waals surface area (Å²) in [5, 5.41) is 9.62. The highest BCUT2D eigenvalue weighted by molar-refractivity contribution is 9.10. The highest BCUT2D eigenvalue weighted by Gasteiger charge is 2.05. The quantitative estimate of drug-likeness (QED) is 0.833. The molecule has 0 fully saturated rings. The van der Waals surface area contributed by atoms with E-state index in [4.69, 9.17) is 0 Å². The van der Waals surface area contributed by atoms with Crippen LogP contribution in [0.1, 0.15) is 0 Å². The summed E-state index contributed by atoms with van der Waals surface area (Å²) >= 11 is 3.29. The molecule has 0 atom stereocenters. The topological polar surface area (TPSA) is 20.2 Å². The average Bonchev–Trinajstić information content (AvgIpc) is 2.22. The van der Waals surface area contributed by atoms with Crippen molar-refractivity contribution in [2.24, 2.45) is 0 Å². The van der Waals surface area contributed by atoms with E-state index in [1.54, 1.807) is 30.3 Å². The van der Waals surface area contributed by atoms with Crippen LogP contribution in [0.3, 0.4) is 0 Å². The van der Waals surface area contributed by atoms with Gasteiger partial charge in [-0.2, -0.15) is 0 Å². The molecule has 2 rings (SSSR count). The lowest BCUT2D eigenvalue weighted by atomic mass is 10.0. The lowest BCUT2D eigenvalue weighted by Gasteiger charge is -2.04. The fourth-order valence-corrected chi connectivity index (χ4v) is 1.68.